The molecule has 1 saturated carbocycles. The molecule has 2 N–H and O–H groups in total. The van der Waals surface area contributed by atoms with Gasteiger partial charge in [0.25, 0.3) is 5.91 Å². The zero-order chi connectivity index (χ0) is 22.5. The van der Waals surface area contributed by atoms with Gasteiger partial charge in [0, 0.05) is 37.2 Å². The van der Waals surface area contributed by atoms with E-state index in [9.17, 15) is 9.59 Å². The zero-order valence-electron chi connectivity index (χ0n) is 18.7. The minimum absolute atomic E-state index is 0.168. The van der Waals surface area contributed by atoms with Gasteiger partial charge in [-0.15, -0.1) is 0 Å². The molecule has 168 valence electrons. The van der Waals surface area contributed by atoms with Crippen molar-refractivity contribution in [3.8, 4) is 5.75 Å². The quantitative estimate of drug-likeness (QED) is 0.587. The molecule has 0 unspecified atom stereocenters. The number of anilines is 1. The van der Waals surface area contributed by atoms with Crippen LogP contribution in [0.4, 0.5) is 5.69 Å². The largest absolute Gasteiger partial charge is 0.497 e. The second kappa shape index (κ2) is 9.85. The molecule has 1 aliphatic rings. The Morgan fingerprint density at radius 1 is 1.09 bits per heavy atom. The first kappa shape index (κ1) is 21.9. The second-order valence-corrected chi connectivity index (χ2v) is 8.35. The number of benzene rings is 2. The van der Waals surface area contributed by atoms with E-state index in [1.54, 1.807) is 31.4 Å². The average molecular weight is 435 g/mol. The number of amides is 2. The molecule has 7 heteroatoms. The Bertz CT molecular complexity index is 1100. The number of ether oxygens (including phenoxy) is 1. The maximum Gasteiger partial charge on any atom is 0.255 e. The predicted octanol–water partition coefficient (Wildman–Crippen LogP) is 4.07. The highest BCUT2D eigenvalue weighted by Crippen LogP contribution is 2.24. The Morgan fingerprint density at radius 2 is 1.84 bits per heavy atom. The molecule has 0 aliphatic heterocycles. The van der Waals surface area contributed by atoms with Crippen LogP contribution in [0.5, 0.6) is 5.75 Å². The fraction of sp³-hybridized carbons (Fsp3) is 0.400. The SMILES string of the molecule is COc1ccc(C(=O)Nc2ccc3c(c2)nc(CCNC(=O)C2CCCCC2)n3C)cc1. The summed E-state index contributed by atoms with van der Waals surface area (Å²) < 4.78 is 7.17. The van der Waals surface area contributed by atoms with Gasteiger partial charge in [-0.05, 0) is 55.3 Å². The molecule has 2 aromatic carbocycles. The number of methoxy groups -OCH3 is 1. The number of rotatable bonds is 7. The van der Waals surface area contributed by atoms with Crippen LogP contribution in [-0.4, -0.2) is 35.0 Å². The molecule has 4 rings (SSSR count). The van der Waals surface area contributed by atoms with Gasteiger partial charge < -0.3 is 19.9 Å². The highest BCUT2D eigenvalue weighted by molar-refractivity contribution is 6.05. The normalized spacial score (nSPS) is 14.3. The Morgan fingerprint density at radius 3 is 2.56 bits per heavy atom. The van der Waals surface area contributed by atoms with Gasteiger partial charge in [0.05, 0.1) is 18.1 Å². The number of nitrogens with one attached hydrogen (secondary N) is 2. The fourth-order valence-corrected chi connectivity index (χ4v) is 4.30. The summed E-state index contributed by atoms with van der Waals surface area (Å²) in [4.78, 5) is 29.6. The number of aryl methyl sites for hydroxylation is 1. The fourth-order valence-electron chi connectivity index (χ4n) is 4.30. The summed E-state index contributed by atoms with van der Waals surface area (Å²) in [6, 6.07) is 12.7. The number of nitrogens with zero attached hydrogens (tertiary/aromatic N) is 2. The third-order valence-corrected chi connectivity index (χ3v) is 6.21. The maximum atomic E-state index is 12.5. The number of fused-ring (bicyclic) bond motifs is 1. The van der Waals surface area contributed by atoms with Crippen molar-refractivity contribution in [3.63, 3.8) is 0 Å². The van der Waals surface area contributed by atoms with Crippen LogP contribution < -0.4 is 15.4 Å². The number of carbonyl (C=O) groups excluding carboxylic acids is 2. The lowest BCUT2D eigenvalue weighted by atomic mass is 9.89. The summed E-state index contributed by atoms with van der Waals surface area (Å²) in [6.07, 6.45) is 6.22. The van der Waals surface area contributed by atoms with Crippen molar-refractivity contribution in [2.75, 3.05) is 19.0 Å². The first-order valence-electron chi connectivity index (χ1n) is 11.2. The number of carbonyl (C=O) groups is 2. The van der Waals surface area contributed by atoms with Gasteiger partial charge >= 0.3 is 0 Å². The number of hydrogen-bond donors (Lipinski definition) is 2. The molecular weight excluding hydrogens is 404 g/mol. The molecule has 1 aromatic heterocycles. The summed E-state index contributed by atoms with van der Waals surface area (Å²) in [5.41, 5.74) is 3.05. The lowest BCUT2D eigenvalue weighted by molar-refractivity contribution is -0.125. The molecule has 1 fully saturated rings. The number of imidazole rings is 1. The summed E-state index contributed by atoms with van der Waals surface area (Å²) in [5, 5.41) is 6.00. The van der Waals surface area contributed by atoms with Crippen LogP contribution >= 0.6 is 0 Å². The summed E-state index contributed by atoms with van der Waals surface area (Å²) in [7, 11) is 3.57. The molecule has 2 amide bonds. The van der Waals surface area contributed by atoms with E-state index >= 15 is 0 Å². The summed E-state index contributed by atoms with van der Waals surface area (Å²) in [6.45, 7) is 0.577. The third-order valence-electron chi connectivity index (χ3n) is 6.21. The predicted molar refractivity (Wildman–Crippen MR) is 125 cm³/mol. The minimum Gasteiger partial charge on any atom is -0.497 e. The van der Waals surface area contributed by atoms with E-state index in [1.165, 1.54) is 6.42 Å². The minimum atomic E-state index is -0.186. The molecule has 32 heavy (non-hydrogen) atoms. The van der Waals surface area contributed by atoms with Crippen molar-refractivity contribution in [2.24, 2.45) is 13.0 Å². The molecule has 0 atom stereocenters. The van der Waals surface area contributed by atoms with Gasteiger partial charge in [0.15, 0.2) is 0 Å². The highest BCUT2D eigenvalue weighted by Gasteiger charge is 2.20. The smallest absolute Gasteiger partial charge is 0.255 e. The van der Waals surface area contributed by atoms with Crippen molar-refractivity contribution in [3.05, 3.63) is 53.9 Å². The average Bonchev–Trinajstić information content (AvgIpc) is 3.14. The molecule has 3 aromatic rings. The van der Waals surface area contributed by atoms with Crippen LogP contribution in [0.2, 0.25) is 0 Å². The monoisotopic (exact) mass is 434 g/mol. The second-order valence-electron chi connectivity index (χ2n) is 8.35. The first-order chi connectivity index (χ1) is 15.5. The lowest BCUT2D eigenvalue weighted by Crippen LogP contribution is -2.33. The van der Waals surface area contributed by atoms with Gasteiger partial charge in [0.2, 0.25) is 5.91 Å². The zero-order valence-corrected chi connectivity index (χ0v) is 18.7. The van der Waals surface area contributed by atoms with E-state index in [0.717, 1.165) is 42.5 Å². The topological polar surface area (TPSA) is 85.2 Å². The molecule has 0 saturated heterocycles. The van der Waals surface area contributed by atoms with Crippen molar-refractivity contribution >= 4 is 28.5 Å². The van der Waals surface area contributed by atoms with Crippen molar-refractivity contribution < 1.29 is 14.3 Å². The third kappa shape index (κ3) is 4.93. The number of aromatic nitrogens is 2. The van der Waals surface area contributed by atoms with Gasteiger partial charge in [0.1, 0.15) is 11.6 Å². The van der Waals surface area contributed by atoms with Crippen molar-refractivity contribution in [1.82, 2.24) is 14.9 Å². The molecule has 0 radical (unpaired) electrons. The van der Waals surface area contributed by atoms with E-state index in [-0.39, 0.29) is 17.7 Å². The van der Waals surface area contributed by atoms with Gasteiger partial charge in [-0.1, -0.05) is 19.3 Å². The maximum absolute atomic E-state index is 12.5. The molecule has 0 spiro atoms. The van der Waals surface area contributed by atoms with E-state index in [2.05, 4.69) is 10.6 Å². The summed E-state index contributed by atoms with van der Waals surface area (Å²) >= 11 is 0. The Hall–Kier alpha value is -3.35. The van der Waals surface area contributed by atoms with Crippen LogP contribution in [0.15, 0.2) is 42.5 Å². The molecular formula is C25H30N4O3. The van der Waals surface area contributed by atoms with Crippen LogP contribution in [0.1, 0.15) is 48.3 Å². The van der Waals surface area contributed by atoms with Crippen LogP contribution in [0, 0.1) is 5.92 Å². The van der Waals surface area contributed by atoms with Crippen molar-refractivity contribution in [1.29, 1.82) is 0 Å². The number of hydrogen-bond acceptors (Lipinski definition) is 4. The van der Waals surface area contributed by atoms with Gasteiger partial charge in [-0.25, -0.2) is 4.98 Å². The van der Waals surface area contributed by atoms with E-state index in [1.807, 2.05) is 29.8 Å². The summed E-state index contributed by atoms with van der Waals surface area (Å²) in [5.74, 6) is 1.77. The van der Waals surface area contributed by atoms with Gasteiger partial charge in [-0.3, -0.25) is 9.59 Å². The lowest BCUT2D eigenvalue weighted by Gasteiger charge is -2.20. The Kier molecular flexibility index (Phi) is 6.73. The Labute approximate surface area is 188 Å². The standard InChI is InChI=1S/C25H30N4O3/c1-29-22-13-10-19(27-25(31)18-8-11-20(32-2)12-9-18)16-21(22)28-23(29)14-15-26-24(30)17-6-4-3-5-7-17/h8-13,16-17H,3-7,14-15H2,1-2H3,(H,26,30)(H,27,31). The van der Waals surface area contributed by atoms with E-state index in [4.69, 9.17) is 9.72 Å². The van der Waals surface area contributed by atoms with Crippen molar-refractivity contribution in [2.45, 2.75) is 38.5 Å². The van der Waals surface area contributed by atoms with Crippen LogP contribution in [0.25, 0.3) is 11.0 Å². The Balaban J connectivity index is 1.38. The van der Waals surface area contributed by atoms with Crippen LogP contribution in [-0.2, 0) is 18.3 Å². The van der Waals surface area contributed by atoms with Crippen LogP contribution in [0.3, 0.4) is 0 Å². The molecule has 1 aliphatic carbocycles. The van der Waals surface area contributed by atoms with E-state index < -0.39 is 0 Å². The first-order valence-corrected chi connectivity index (χ1v) is 11.2. The molecule has 1 heterocycles. The highest BCUT2D eigenvalue weighted by atomic mass is 16.5. The van der Waals surface area contributed by atoms with E-state index in [0.29, 0.717) is 30.0 Å². The van der Waals surface area contributed by atoms with Gasteiger partial charge in [-0.2, -0.15) is 0 Å². The molecule has 7 nitrogen and oxygen atoms in total. The molecule has 0 bridgehead atoms.